The van der Waals surface area contributed by atoms with Crippen molar-refractivity contribution in [1.82, 2.24) is 14.9 Å². The second-order valence-corrected chi connectivity index (χ2v) is 8.10. The average molecular weight is 431 g/mol. The maximum Gasteiger partial charge on any atom is 0.270 e. The molecule has 1 N–H and O–H groups in total. The molecule has 0 spiro atoms. The number of piperidine rings is 1. The van der Waals surface area contributed by atoms with Crippen molar-refractivity contribution >= 4 is 17.4 Å². The first kappa shape index (κ1) is 21.4. The Morgan fingerprint density at radius 3 is 2.47 bits per heavy atom. The first-order valence-corrected chi connectivity index (χ1v) is 10.6. The van der Waals surface area contributed by atoms with Crippen LogP contribution in [-0.4, -0.2) is 44.8 Å². The second kappa shape index (κ2) is 9.13. The van der Waals surface area contributed by atoms with Crippen molar-refractivity contribution in [2.24, 2.45) is 0 Å². The van der Waals surface area contributed by atoms with Gasteiger partial charge in [0.15, 0.2) is 5.82 Å². The Bertz CT molecular complexity index is 1140. The lowest BCUT2D eigenvalue weighted by atomic mass is 10.0. The van der Waals surface area contributed by atoms with Crippen LogP contribution in [0.5, 0.6) is 0 Å². The molecule has 8 heteroatoms. The van der Waals surface area contributed by atoms with E-state index in [0.717, 1.165) is 29.7 Å². The molecule has 8 nitrogen and oxygen atoms in total. The average Bonchev–Trinajstić information content (AvgIpc) is 2.79. The first-order chi connectivity index (χ1) is 15.4. The summed E-state index contributed by atoms with van der Waals surface area (Å²) in [7, 11) is 0. The molecular formula is C24H25N5O3. The van der Waals surface area contributed by atoms with Crippen molar-refractivity contribution in [3.63, 3.8) is 0 Å². The number of hydrogen-bond acceptors (Lipinski definition) is 6. The van der Waals surface area contributed by atoms with E-state index in [1.54, 1.807) is 12.1 Å². The van der Waals surface area contributed by atoms with Crippen molar-refractivity contribution in [2.75, 3.05) is 18.4 Å². The Kier molecular flexibility index (Phi) is 6.11. The third-order valence-corrected chi connectivity index (χ3v) is 5.60. The maximum absolute atomic E-state index is 12.7. The van der Waals surface area contributed by atoms with Gasteiger partial charge in [0, 0.05) is 54.2 Å². The Morgan fingerprint density at radius 2 is 1.78 bits per heavy atom. The van der Waals surface area contributed by atoms with Gasteiger partial charge in [-0.2, -0.15) is 0 Å². The number of nitro groups is 1. The Hall–Kier alpha value is -3.81. The molecule has 0 atom stereocenters. The molecule has 0 aliphatic carbocycles. The molecule has 164 valence electrons. The van der Waals surface area contributed by atoms with Crippen LogP contribution in [0.25, 0.3) is 11.4 Å². The van der Waals surface area contributed by atoms with E-state index in [9.17, 15) is 14.9 Å². The van der Waals surface area contributed by atoms with Gasteiger partial charge in [-0.15, -0.1) is 0 Å². The number of nitrogens with zero attached hydrogens (tertiary/aromatic N) is 4. The summed E-state index contributed by atoms with van der Waals surface area (Å²) in [6.45, 7) is 5.22. The van der Waals surface area contributed by atoms with Gasteiger partial charge in [-0.1, -0.05) is 29.8 Å². The largest absolute Gasteiger partial charge is 0.367 e. The fourth-order valence-corrected chi connectivity index (χ4v) is 3.84. The van der Waals surface area contributed by atoms with Gasteiger partial charge in [0.25, 0.3) is 11.6 Å². The highest BCUT2D eigenvalue weighted by molar-refractivity contribution is 5.94. The molecule has 4 rings (SSSR count). The monoisotopic (exact) mass is 431 g/mol. The molecule has 0 saturated carbocycles. The Labute approximate surface area is 186 Å². The third-order valence-electron chi connectivity index (χ3n) is 5.60. The smallest absolute Gasteiger partial charge is 0.270 e. The fraction of sp³-hybridized carbons (Fsp3) is 0.292. The van der Waals surface area contributed by atoms with E-state index < -0.39 is 4.92 Å². The van der Waals surface area contributed by atoms with Crippen LogP contribution in [0.2, 0.25) is 0 Å². The normalized spacial score (nSPS) is 14.2. The number of aryl methyl sites for hydroxylation is 2. The molecule has 1 aromatic heterocycles. The minimum Gasteiger partial charge on any atom is -0.367 e. The highest BCUT2D eigenvalue weighted by Crippen LogP contribution is 2.24. The predicted molar refractivity (Wildman–Crippen MR) is 123 cm³/mol. The molecule has 1 aliphatic rings. The molecule has 3 aromatic rings. The number of benzene rings is 2. The molecule has 1 aliphatic heterocycles. The predicted octanol–water partition coefficient (Wildman–Crippen LogP) is 4.39. The summed E-state index contributed by atoms with van der Waals surface area (Å²) in [5, 5.41) is 14.5. The Balaban J connectivity index is 1.42. The van der Waals surface area contributed by atoms with Crippen LogP contribution in [0.3, 0.4) is 0 Å². The standard InChI is InChI=1S/C24H25N5O3/c1-16-6-8-18(9-7-16)24(30)28-12-10-20(11-13-28)26-22-14-17(2)25-23(27-22)19-4-3-5-21(15-19)29(31)32/h3-9,14-15,20H,10-13H2,1-2H3,(H,25,26,27). The number of nitro benzene ring substituents is 1. The van der Waals surface area contributed by atoms with E-state index in [1.807, 2.05) is 49.1 Å². The summed E-state index contributed by atoms with van der Waals surface area (Å²) in [5.41, 5.74) is 3.23. The summed E-state index contributed by atoms with van der Waals surface area (Å²) in [5.74, 6) is 1.19. The van der Waals surface area contributed by atoms with Crippen LogP contribution in [0.4, 0.5) is 11.5 Å². The zero-order valence-corrected chi connectivity index (χ0v) is 18.1. The minimum atomic E-state index is -0.426. The fourth-order valence-electron chi connectivity index (χ4n) is 3.84. The van der Waals surface area contributed by atoms with Gasteiger partial charge >= 0.3 is 0 Å². The lowest BCUT2D eigenvalue weighted by Gasteiger charge is -2.32. The van der Waals surface area contributed by atoms with E-state index in [2.05, 4.69) is 15.3 Å². The van der Waals surface area contributed by atoms with Crippen molar-refractivity contribution in [1.29, 1.82) is 0 Å². The van der Waals surface area contributed by atoms with Gasteiger partial charge in [-0.3, -0.25) is 14.9 Å². The second-order valence-electron chi connectivity index (χ2n) is 8.10. The van der Waals surface area contributed by atoms with Crippen molar-refractivity contribution in [3.05, 3.63) is 81.5 Å². The van der Waals surface area contributed by atoms with E-state index >= 15 is 0 Å². The Morgan fingerprint density at radius 1 is 1.06 bits per heavy atom. The SMILES string of the molecule is Cc1ccc(C(=O)N2CCC(Nc3cc(C)nc(-c4cccc([N+](=O)[O-])c4)n3)CC2)cc1. The van der Waals surface area contributed by atoms with E-state index in [4.69, 9.17) is 0 Å². The van der Waals surface area contributed by atoms with Crippen LogP contribution in [-0.2, 0) is 0 Å². The molecule has 32 heavy (non-hydrogen) atoms. The van der Waals surface area contributed by atoms with Gasteiger partial charge in [0.2, 0.25) is 0 Å². The minimum absolute atomic E-state index is 0.00716. The van der Waals surface area contributed by atoms with Crippen LogP contribution < -0.4 is 5.32 Å². The molecular weight excluding hydrogens is 406 g/mol. The molecule has 0 radical (unpaired) electrons. The number of carbonyl (C=O) groups excluding carboxylic acids is 1. The van der Waals surface area contributed by atoms with Gasteiger partial charge in [-0.25, -0.2) is 9.97 Å². The summed E-state index contributed by atoms with van der Waals surface area (Å²) in [6, 6.07) is 16.0. The summed E-state index contributed by atoms with van der Waals surface area (Å²) >= 11 is 0. The van der Waals surface area contributed by atoms with Crippen LogP contribution in [0.15, 0.2) is 54.6 Å². The highest BCUT2D eigenvalue weighted by Gasteiger charge is 2.24. The molecule has 1 amide bonds. The van der Waals surface area contributed by atoms with Crippen LogP contribution in [0, 0.1) is 24.0 Å². The van der Waals surface area contributed by atoms with Gasteiger partial charge in [0.05, 0.1) is 4.92 Å². The molecule has 2 heterocycles. The number of nitrogens with one attached hydrogen (secondary N) is 1. The zero-order chi connectivity index (χ0) is 22.7. The van der Waals surface area contributed by atoms with E-state index in [-0.39, 0.29) is 17.6 Å². The summed E-state index contributed by atoms with van der Waals surface area (Å²) in [4.78, 5) is 34.3. The van der Waals surface area contributed by atoms with Gasteiger partial charge < -0.3 is 10.2 Å². The number of carbonyl (C=O) groups is 1. The third kappa shape index (κ3) is 4.91. The maximum atomic E-state index is 12.7. The van der Waals surface area contributed by atoms with E-state index in [1.165, 1.54) is 12.1 Å². The number of non-ortho nitro benzene ring substituents is 1. The topological polar surface area (TPSA) is 101 Å². The van der Waals surface area contributed by atoms with Crippen molar-refractivity contribution < 1.29 is 9.72 Å². The summed E-state index contributed by atoms with van der Waals surface area (Å²) in [6.07, 6.45) is 1.62. The lowest BCUT2D eigenvalue weighted by molar-refractivity contribution is -0.384. The van der Waals surface area contributed by atoms with Gasteiger partial charge in [-0.05, 0) is 38.8 Å². The molecule has 0 unspecified atom stereocenters. The number of rotatable bonds is 5. The number of aromatic nitrogens is 2. The highest BCUT2D eigenvalue weighted by atomic mass is 16.6. The zero-order valence-electron chi connectivity index (χ0n) is 18.1. The number of anilines is 1. The lowest BCUT2D eigenvalue weighted by Crippen LogP contribution is -2.42. The quantitative estimate of drug-likeness (QED) is 0.475. The van der Waals surface area contributed by atoms with Crippen molar-refractivity contribution in [2.45, 2.75) is 32.7 Å². The first-order valence-electron chi connectivity index (χ1n) is 10.6. The summed E-state index contributed by atoms with van der Waals surface area (Å²) < 4.78 is 0. The van der Waals surface area contributed by atoms with Crippen molar-refractivity contribution in [3.8, 4) is 11.4 Å². The van der Waals surface area contributed by atoms with Gasteiger partial charge in [0.1, 0.15) is 5.82 Å². The molecule has 1 fully saturated rings. The molecule has 2 aromatic carbocycles. The van der Waals surface area contributed by atoms with Crippen LogP contribution >= 0.6 is 0 Å². The number of hydrogen-bond donors (Lipinski definition) is 1. The molecule has 1 saturated heterocycles. The van der Waals surface area contributed by atoms with Crippen LogP contribution in [0.1, 0.15) is 34.5 Å². The number of likely N-dealkylation sites (tertiary alicyclic amines) is 1. The van der Waals surface area contributed by atoms with E-state index in [0.29, 0.717) is 30.3 Å². The molecule has 0 bridgehead atoms. The number of amides is 1.